The molecule has 4 amide bonds. The summed E-state index contributed by atoms with van der Waals surface area (Å²) in [6, 6.07) is 4.77. The number of carbonyl (C=O) groups is 4. The molecule has 0 aromatic heterocycles. The highest BCUT2D eigenvalue weighted by Gasteiger charge is 2.39. The van der Waals surface area contributed by atoms with Crippen molar-refractivity contribution in [3.05, 3.63) is 29.3 Å². The van der Waals surface area contributed by atoms with E-state index in [0.717, 1.165) is 31.4 Å². The van der Waals surface area contributed by atoms with Crippen molar-refractivity contribution < 1.29 is 23.9 Å². The number of ether oxygens (including phenoxy) is 1. The summed E-state index contributed by atoms with van der Waals surface area (Å²) in [4.78, 5) is 52.4. The molecule has 1 unspecified atom stereocenters. The van der Waals surface area contributed by atoms with Crippen molar-refractivity contribution in [3.63, 3.8) is 0 Å². The van der Waals surface area contributed by atoms with Crippen LogP contribution in [0.5, 0.6) is 5.75 Å². The van der Waals surface area contributed by atoms with Crippen LogP contribution >= 0.6 is 0 Å². The molecule has 166 valence electrons. The SMILES string of the molecule is CC(C)C(=O)N1CCCC[C@@H]1COc1ccc2c(c1)CN(C1CCC(=O)NC1=O)C2=O. The van der Waals surface area contributed by atoms with Crippen LogP contribution in [0.2, 0.25) is 0 Å². The van der Waals surface area contributed by atoms with E-state index in [0.29, 0.717) is 30.9 Å². The van der Waals surface area contributed by atoms with E-state index in [9.17, 15) is 19.2 Å². The second-order valence-electron chi connectivity index (χ2n) is 8.87. The Hall–Kier alpha value is -2.90. The molecule has 8 nitrogen and oxygen atoms in total. The van der Waals surface area contributed by atoms with Gasteiger partial charge in [0.15, 0.2) is 0 Å². The predicted octanol–water partition coefficient (Wildman–Crippen LogP) is 1.86. The van der Waals surface area contributed by atoms with Crippen molar-refractivity contribution in [2.24, 2.45) is 5.92 Å². The number of rotatable bonds is 5. The van der Waals surface area contributed by atoms with Crippen LogP contribution in [0.15, 0.2) is 18.2 Å². The first-order chi connectivity index (χ1) is 14.8. The molecule has 0 spiro atoms. The molecular weight excluding hydrogens is 398 g/mol. The molecule has 2 fully saturated rings. The average Bonchev–Trinajstić information content (AvgIpc) is 3.07. The lowest BCUT2D eigenvalue weighted by Gasteiger charge is -2.36. The number of nitrogens with zero attached hydrogens (tertiary/aromatic N) is 2. The number of benzene rings is 1. The quantitative estimate of drug-likeness (QED) is 0.724. The van der Waals surface area contributed by atoms with Gasteiger partial charge in [-0.2, -0.15) is 0 Å². The second-order valence-corrected chi connectivity index (χ2v) is 8.87. The van der Waals surface area contributed by atoms with Crippen LogP contribution in [-0.2, 0) is 20.9 Å². The Morgan fingerprint density at radius 3 is 2.74 bits per heavy atom. The van der Waals surface area contributed by atoms with Gasteiger partial charge < -0.3 is 14.5 Å². The number of piperidine rings is 2. The third kappa shape index (κ3) is 4.29. The summed E-state index contributed by atoms with van der Waals surface area (Å²) in [7, 11) is 0. The van der Waals surface area contributed by atoms with Crippen LogP contribution in [0.3, 0.4) is 0 Å². The lowest BCUT2D eigenvalue weighted by Crippen LogP contribution is -2.52. The minimum absolute atomic E-state index is 0.0372. The number of amides is 4. The molecule has 0 aliphatic carbocycles. The first kappa shape index (κ1) is 21.3. The minimum atomic E-state index is -0.625. The number of likely N-dealkylation sites (tertiary alicyclic amines) is 1. The predicted molar refractivity (Wildman–Crippen MR) is 112 cm³/mol. The lowest BCUT2D eigenvalue weighted by atomic mass is 10.0. The van der Waals surface area contributed by atoms with Crippen LogP contribution in [0, 0.1) is 5.92 Å². The fourth-order valence-electron chi connectivity index (χ4n) is 4.63. The molecule has 8 heteroatoms. The van der Waals surface area contributed by atoms with Crippen LogP contribution in [0.4, 0.5) is 0 Å². The summed E-state index contributed by atoms with van der Waals surface area (Å²) in [5.41, 5.74) is 1.37. The second kappa shape index (κ2) is 8.69. The van der Waals surface area contributed by atoms with Crippen molar-refractivity contribution in [3.8, 4) is 5.75 Å². The topological polar surface area (TPSA) is 96.0 Å². The number of hydrogen-bond acceptors (Lipinski definition) is 5. The van der Waals surface area contributed by atoms with Gasteiger partial charge in [0.1, 0.15) is 18.4 Å². The maximum absolute atomic E-state index is 12.8. The molecule has 1 aromatic carbocycles. The van der Waals surface area contributed by atoms with E-state index in [1.165, 1.54) is 4.90 Å². The molecule has 0 saturated carbocycles. The van der Waals surface area contributed by atoms with Gasteiger partial charge in [-0.25, -0.2) is 0 Å². The number of imide groups is 1. The van der Waals surface area contributed by atoms with E-state index in [2.05, 4.69) is 5.32 Å². The van der Waals surface area contributed by atoms with Gasteiger partial charge in [0.2, 0.25) is 17.7 Å². The standard InChI is InChI=1S/C23H29N3O5/c1-14(2)22(29)25-10-4-3-5-16(25)13-31-17-6-7-18-15(11-17)12-26(23(18)30)19-8-9-20(27)24-21(19)28/h6-7,11,14,16,19H,3-5,8-10,12-13H2,1-2H3,(H,24,27,28)/t16-,19?/m1/s1. The van der Waals surface area contributed by atoms with E-state index in [1.807, 2.05) is 24.8 Å². The first-order valence-electron chi connectivity index (χ1n) is 11.1. The van der Waals surface area contributed by atoms with E-state index in [-0.39, 0.29) is 36.1 Å². The van der Waals surface area contributed by atoms with Gasteiger partial charge in [0, 0.05) is 31.0 Å². The van der Waals surface area contributed by atoms with Crippen molar-refractivity contribution in [2.45, 2.75) is 64.6 Å². The smallest absolute Gasteiger partial charge is 0.255 e. The summed E-state index contributed by atoms with van der Waals surface area (Å²) in [5.74, 6) is -0.135. The van der Waals surface area contributed by atoms with Crippen molar-refractivity contribution in [1.29, 1.82) is 0 Å². The Bertz CT molecular complexity index is 912. The molecule has 3 aliphatic heterocycles. The number of carbonyl (C=O) groups excluding carboxylic acids is 4. The summed E-state index contributed by atoms with van der Waals surface area (Å²) >= 11 is 0. The fraction of sp³-hybridized carbons (Fsp3) is 0.565. The lowest BCUT2D eigenvalue weighted by molar-refractivity contribution is -0.139. The summed E-state index contributed by atoms with van der Waals surface area (Å²) < 4.78 is 6.03. The fourth-order valence-corrected chi connectivity index (χ4v) is 4.63. The summed E-state index contributed by atoms with van der Waals surface area (Å²) in [5, 5.41) is 2.31. The molecule has 1 N–H and O–H groups in total. The monoisotopic (exact) mass is 427 g/mol. The Labute approximate surface area is 181 Å². The maximum Gasteiger partial charge on any atom is 0.255 e. The summed E-state index contributed by atoms with van der Waals surface area (Å²) in [6.07, 6.45) is 3.60. The molecule has 2 saturated heterocycles. The van der Waals surface area contributed by atoms with Crippen molar-refractivity contribution in [1.82, 2.24) is 15.1 Å². The maximum atomic E-state index is 12.8. The zero-order valence-corrected chi connectivity index (χ0v) is 18.1. The number of fused-ring (bicyclic) bond motifs is 1. The third-order valence-electron chi connectivity index (χ3n) is 6.34. The van der Waals surface area contributed by atoms with E-state index < -0.39 is 11.9 Å². The van der Waals surface area contributed by atoms with Gasteiger partial charge in [0.25, 0.3) is 5.91 Å². The Morgan fingerprint density at radius 2 is 2.00 bits per heavy atom. The summed E-state index contributed by atoms with van der Waals surface area (Å²) in [6.45, 7) is 5.34. The Morgan fingerprint density at radius 1 is 1.19 bits per heavy atom. The highest BCUT2D eigenvalue weighted by Crippen LogP contribution is 2.30. The largest absolute Gasteiger partial charge is 0.491 e. The van der Waals surface area contributed by atoms with Crippen LogP contribution < -0.4 is 10.1 Å². The molecule has 0 bridgehead atoms. The van der Waals surface area contributed by atoms with Crippen LogP contribution in [0.1, 0.15) is 61.9 Å². The number of hydrogen-bond donors (Lipinski definition) is 1. The van der Waals surface area contributed by atoms with E-state index in [4.69, 9.17) is 4.74 Å². The van der Waals surface area contributed by atoms with Crippen molar-refractivity contribution in [2.75, 3.05) is 13.2 Å². The molecule has 1 aromatic rings. The van der Waals surface area contributed by atoms with Gasteiger partial charge in [-0.1, -0.05) is 13.8 Å². The number of nitrogens with one attached hydrogen (secondary N) is 1. The molecule has 4 rings (SSSR count). The van der Waals surface area contributed by atoms with Gasteiger partial charge in [0.05, 0.1) is 6.04 Å². The van der Waals surface area contributed by atoms with Gasteiger partial charge in [-0.15, -0.1) is 0 Å². The zero-order valence-electron chi connectivity index (χ0n) is 18.1. The van der Waals surface area contributed by atoms with Crippen LogP contribution in [-0.4, -0.2) is 58.7 Å². The highest BCUT2D eigenvalue weighted by atomic mass is 16.5. The normalized spacial score (nSPS) is 23.8. The highest BCUT2D eigenvalue weighted by molar-refractivity contribution is 6.05. The molecule has 31 heavy (non-hydrogen) atoms. The average molecular weight is 428 g/mol. The Kier molecular flexibility index (Phi) is 5.98. The van der Waals surface area contributed by atoms with Gasteiger partial charge >= 0.3 is 0 Å². The molecule has 0 radical (unpaired) electrons. The molecule has 3 heterocycles. The third-order valence-corrected chi connectivity index (χ3v) is 6.34. The molecule has 3 aliphatic rings. The zero-order chi connectivity index (χ0) is 22.1. The first-order valence-corrected chi connectivity index (χ1v) is 11.1. The van der Waals surface area contributed by atoms with E-state index >= 15 is 0 Å². The Balaban J connectivity index is 1.42. The molecule has 2 atom stereocenters. The van der Waals surface area contributed by atoms with Crippen molar-refractivity contribution >= 4 is 23.6 Å². The van der Waals surface area contributed by atoms with Gasteiger partial charge in [-0.3, -0.25) is 24.5 Å². The molecular formula is C23H29N3O5. The van der Waals surface area contributed by atoms with E-state index in [1.54, 1.807) is 12.1 Å². The van der Waals surface area contributed by atoms with Crippen LogP contribution in [0.25, 0.3) is 0 Å². The minimum Gasteiger partial charge on any atom is -0.491 e. The van der Waals surface area contributed by atoms with Gasteiger partial charge in [-0.05, 0) is 49.4 Å².